The molecule has 1 aromatic rings. The number of hydrogen-bond donors (Lipinski definition) is 2. The average Bonchev–Trinajstić information content (AvgIpc) is 2.37. The van der Waals surface area contributed by atoms with Gasteiger partial charge in [-0.2, -0.15) is 0 Å². The van der Waals surface area contributed by atoms with Crippen LogP contribution in [0.3, 0.4) is 0 Å². The smallest absolute Gasteiger partial charge is 0.244 e. The van der Waals surface area contributed by atoms with Gasteiger partial charge in [-0.15, -0.1) is 0 Å². The molecule has 2 amide bonds. The van der Waals surface area contributed by atoms with E-state index in [0.717, 1.165) is 12.2 Å². The quantitative estimate of drug-likeness (QED) is 0.860. The molecule has 0 spiro atoms. The van der Waals surface area contributed by atoms with Crippen LogP contribution in [0.4, 0.5) is 11.4 Å². The predicted octanol–water partition coefficient (Wildman–Crippen LogP) is 1.36. The molecule has 5 nitrogen and oxygen atoms in total. The summed E-state index contributed by atoms with van der Waals surface area (Å²) in [6.45, 7) is 4.89. The molecule has 1 heterocycles. The Morgan fingerprint density at radius 1 is 1.47 bits per heavy atom. The number of fused-ring (bicyclic) bond motifs is 1. The highest BCUT2D eigenvalue weighted by molar-refractivity contribution is 6.09. The molecule has 1 unspecified atom stereocenters. The number of carbonyl (C=O) groups excluding carboxylic acids is 2. The molecule has 0 bridgehead atoms. The summed E-state index contributed by atoms with van der Waals surface area (Å²) in [6.07, 6.45) is 0.384. The summed E-state index contributed by atoms with van der Waals surface area (Å²) in [5, 5.41) is 5.98. The van der Waals surface area contributed by atoms with Crippen LogP contribution in [0.25, 0.3) is 0 Å². The molecule has 102 valence electrons. The Balaban J connectivity index is 2.16. The van der Waals surface area contributed by atoms with E-state index in [-0.39, 0.29) is 24.4 Å². The van der Waals surface area contributed by atoms with E-state index in [1.165, 1.54) is 0 Å². The van der Waals surface area contributed by atoms with Crippen molar-refractivity contribution in [3.63, 3.8) is 0 Å². The SMILES string of the molecule is CCNC(C)CC(=O)N1CC(=O)Nc2ccccc21. The van der Waals surface area contributed by atoms with Gasteiger partial charge in [0.05, 0.1) is 11.4 Å². The number of rotatable bonds is 4. The highest BCUT2D eigenvalue weighted by atomic mass is 16.2. The van der Waals surface area contributed by atoms with Crippen LogP contribution in [0.5, 0.6) is 0 Å². The number of para-hydroxylation sites is 2. The maximum absolute atomic E-state index is 12.3. The second-order valence-electron chi connectivity index (χ2n) is 4.71. The fourth-order valence-corrected chi connectivity index (χ4v) is 2.25. The van der Waals surface area contributed by atoms with Crippen molar-refractivity contribution in [2.75, 3.05) is 23.3 Å². The van der Waals surface area contributed by atoms with Crippen LogP contribution >= 0.6 is 0 Å². The van der Waals surface area contributed by atoms with Crippen LogP contribution in [0.1, 0.15) is 20.3 Å². The maximum Gasteiger partial charge on any atom is 0.244 e. The van der Waals surface area contributed by atoms with Crippen LogP contribution < -0.4 is 15.5 Å². The first kappa shape index (κ1) is 13.5. The number of anilines is 2. The number of nitrogens with one attached hydrogen (secondary N) is 2. The van der Waals surface area contributed by atoms with Crippen molar-refractivity contribution in [3.8, 4) is 0 Å². The van der Waals surface area contributed by atoms with Gasteiger partial charge in [0, 0.05) is 12.5 Å². The number of hydrogen-bond acceptors (Lipinski definition) is 3. The molecule has 0 fully saturated rings. The number of carbonyl (C=O) groups is 2. The summed E-state index contributed by atoms with van der Waals surface area (Å²) >= 11 is 0. The highest BCUT2D eigenvalue weighted by Crippen LogP contribution is 2.29. The Bertz CT molecular complexity index is 487. The van der Waals surface area contributed by atoms with Crippen molar-refractivity contribution in [2.45, 2.75) is 26.3 Å². The molecule has 1 aliphatic rings. The van der Waals surface area contributed by atoms with Crippen molar-refractivity contribution in [3.05, 3.63) is 24.3 Å². The fraction of sp³-hybridized carbons (Fsp3) is 0.429. The number of benzene rings is 1. The average molecular weight is 261 g/mol. The Labute approximate surface area is 113 Å². The molecular weight excluding hydrogens is 242 g/mol. The van der Waals surface area contributed by atoms with Crippen molar-refractivity contribution < 1.29 is 9.59 Å². The minimum absolute atomic E-state index is 0.0317. The van der Waals surface area contributed by atoms with Gasteiger partial charge in [0.1, 0.15) is 6.54 Å². The summed E-state index contributed by atoms with van der Waals surface area (Å²) < 4.78 is 0. The Hall–Kier alpha value is -1.88. The number of nitrogens with zero attached hydrogens (tertiary/aromatic N) is 1. The maximum atomic E-state index is 12.3. The lowest BCUT2D eigenvalue weighted by atomic mass is 10.1. The lowest BCUT2D eigenvalue weighted by Crippen LogP contribution is -2.44. The Morgan fingerprint density at radius 3 is 2.95 bits per heavy atom. The van der Waals surface area contributed by atoms with Gasteiger partial charge in [0.25, 0.3) is 0 Å². The summed E-state index contributed by atoms with van der Waals surface area (Å²) in [6, 6.07) is 7.47. The molecule has 0 saturated carbocycles. The summed E-state index contributed by atoms with van der Waals surface area (Å²) in [7, 11) is 0. The van der Waals surface area contributed by atoms with Crippen molar-refractivity contribution >= 4 is 23.2 Å². The fourth-order valence-electron chi connectivity index (χ4n) is 2.25. The van der Waals surface area contributed by atoms with Crippen molar-refractivity contribution in [1.29, 1.82) is 0 Å². The van der Waals surface area contributed by atoms with Gasteiger partial charge in [-0.25, -0.2) is 0 Å². The van der Waals surface area contributed by atoms with Gasteiger partial charge >= 0.3 is 0 Å². The van der Waals surface area contributed by atoms with Crippen molar-refractivity contribution in [2.24, 2.45) is 0 Å². The van der Waals surface area contributed by atoms with Crippen LogP contribution in [-0.2, 0) is 9.59 Å². The standard InChI is InChI=1S/C14H19N3O2/c1-3-15-10(2)8-14(19)17-9-13(18)16-11-6-4-5-7-12(11)17/h4-7,10,15H,3,8-9H2,1-2H3,(H,16,18). The van der Waals surface area contributed by atoms with E-state index in [9.17, 15) is 9.59 Å². The van der Waals surface area contributed by atoms with Crippen LogP contribution in [0, 0.1) is 0 Å². The minimum Gasteiger partial charge on any atom is -0.323 e. The molecule has 0 aromatic heterocycles. The topological polar surface area (TPSA) is 61.4 Å². The van der Waals surface area contributed by atoms with Crippen molar-refractivity contribution in [1.82, 2.24) is 5.32 Å². The van der Waals surface area contributed by atoms with E-state index >= 15 is 0 Å². The van der Waals surface area contributed by atoms with E-state index < -0.39 is 0 Å². The third kappa shape index (κ3) is 3.12. The van der Waals surface area contributed by atoms with E-state index in [1.54, 1.807) is 11.0 Å². The van der Waals surface area contributed by atoms with Gasteiger partial charge in [-0.05, 0) is 25.6 Å². The molecule has 1 atom stereocenters. The molecule has 1 aliphatic heterocycles. The first-order valence-corrected chi connectivity index (χ1v) is 6.54. The second-order valence-corrected chi connectivity index (χ2v) is 4.71. The van der Waals surface area contributed by atoms with E-state index in [1.807, 2.05) is 32.0 Å². The van der Waals surface area contributed by atoms with E-state index in [4.69, 9.17) is 0 Å². The van der Waals surface area contributed by atoms with Crippen LogP contribution in [-0.4, -0.2) is 30.9 Å². The normalized spacial score (nSPS) is 15.7. The zero-order valence-electron chi connectivity index (χ0n) is 11.3. The van der Waals surface area contributed by atoms with Gasteiger partial charge < -0.3 is 15.5 Å². The van der Waals surface area contributed by atoms with Crippen LogP contribution in [0.2, 0.25) is 0 Å². The zero-order chi connectivity index (χ0) is 13.8. The summed E-state index contributed by atoms with van der Waals surface area (Å²) in [5.41, 5.74) is 1.47. The lowest BCUT2D eigenvalue weighted by Gasteiger charge is -2.30. The third-order valence-corrected chi connectivity index (χ3v) is 3.11. The molecule has 1 aromatic carbocycles. The van der Waals surface area contributed by atoms with Gasteiger partial charge in [-0.3, -0.25) is 9.59 Å². The predicted molar refractivity (Wildman–Crippen MR) is 75.2 cm³/mol. The monoisotopic (exact) mass is 261 g/mol. The zero-order valence-corrected chi connectivity index (χ0v) is 11.3. The minimum atomic E-state index is -0.150. The molecule has 5 heteroatoms. The Morgan fingerprint density at radius 2 is 2.21 bits per heavy atom. The molecule has 0 saturated heterocycles. The molecule has 0 radical (unpaired) electrons. The number of amides is 2. The summed E-state index contributed by atoms with van der Waals surface area (Å²) in [5.74, 6) is -0.182. The molecular formula is C14H19N3O2. The van der Waals surface area contributed by atoms with E-state index in [0.29, 0.717) is 12.1 Å². The van der Waals surface area contributed by atoms with Gasteiger partial charge in [0.2, 0.25) is 11.8 Å². The molecule has 19 heavy (non-hydrogen) atoms. The Kier molecular flexibility index (Phi) is 4.16. The highest BCUT2D eigenvalue weighted by Gasteiger charge is 2.26. The lowest BCUT2D eigenvalue weighted by molar-refractivity contribution is -0.122. The molecule has 0 aliphatic carbocycles. The molecule has 2 rings (SSSR count). The van der Waals surface area contributed by atoms with Gasteiger partial charge in [-0.1, -0.05) is 19.1 Å². The first-order valence-electron chi connectivity index (χ1n) is 6.54. The van der Waals surface area contributed by atoms with E-state index in [2.05, 4.69) is 10.6 Å². The largest absolute Gasteiger partial charge is 0.323 e. The second kappa shape index (κ2) is 5.84. The summed E-state index contributed by atoms with van der Waals surface area (Å²) in [4.78, 5) is 25.5. The third-order valence-electron chi connectivity index (χ3n) is 3.11. The van der Waals surface area contributed by atoms with Crippen LogP contribution in [0.15, 0.2) is 24.3 Å². The molecule has 2 N–H and O–H groups in total. The van der Waals surface area contributed by atoms with Gasteiger partial charge in [0.15, 0.2) is 0 Å². The first-order chi connectivity index (χ1) is 9.11.